The molecular weight excluding hydrogens is 307 g/mol. The van der Waals surface area contributed by atoms with Gasteiger partial charge in [-0.3, -0.25) is 9.78 Å². The second kappa shape index (κ2) is 5.73. The highest BCUT2D eigenvalue weighted by molar-refractivity contribution is 6.31. The molecular formula is C14H9ClF3NO2. The van der Waals surface area contributed by atoms with Crippen LogP contribution in [0.2, 0.25) is 5.02 Å². The lowest BCUT2D eigenvalue weighted by Gasteiger charge is -2.09. The number of nitrogens with zero attached hydrogens (tertiary/aromatic N) is 1. The van der Waals surface area contributed by atoms with Gasteiger partial charge in [-0.1, -0.05) is 23.7 Å². The fourth-order valence-corrected chi connectivity index (χ4v) is 1.96. The number of carboxylic acids is 1. The fraction of sp³-hybridized carbons (Fsp3) is 0.143. The summed E-state index contributed by atoms with van der Waals surface area (Å²) < 4.78 is 38.0. The molecule has 3 nitrogen and oxygen atoms in total. The van der Waals surface area contributed by atoms with E-state index >= 15 is 0 Å². The van der Waals surface area contributed by atoms with Gasteiger partial charge in [-0.05, 0) is 23.8 Å². The minimum absolute atomic E-state index is 0.160. The summed E-state index contributed by atoms with van der Waals surface area (Å²) in [7, 11) is 0. The molecule has 0 saturated heterocycles. The van der Waals surface area contributed by atoms with Crippen molar-refractivity contribution in [2.24, 2.45) is 0 Å². The number of carbonyl (C=O) groups is 1. The van der Waals surface area contributed by atoms with Crippen LogP contribution < -0.4 is 0 Å². The first-order valence-electron chi connectivity index (χ1n) is 5.81. The van der Waals surface area contributed by atoms with E-state index in [1.165, 1.54) is 24.4 Å². The van der Waals surface area contributed by atoms with Gasteiger partial charge in [-0.25, -0.2) is 0 Å². The molecule has 0 aliphatic carbocycles. The van der Waals surface area contributed by atoms with E-state index in [0.717, 1.165) is 12.1 Å². The van der Waals surface area contributed by atoms with Crippen LogP contribution in [0.5, 0.6) is 0 Å². The minimum atomic E-state index is -4.45. The third kappa shape index (κ3) is 3.72. The lowest BCUT2D eigenvalue weighted by atomic mass is 10.0. The van der Waals surface area contributed by atoms with Crippen molar-refractivity contribution in [3.63, 3.8) is 0 Å². The van der Waals surface area contributed by atoms with Crippen LogP contribution in [0.15, 0.2) is 36.5 Å². The average Bonchev–Trinajstić information content (AvgIpc) is 2.40. The molecule has 0 bridgehead atoms. The smallest absolute Gasteiger partial charge is 0.416 e. The van der Waals surface area contributed by atoms with Gasteiger partial charge in [0, 0.05) is 11.8 Å². The summed E-state index contributed by atoms with van der Waals surface area (Å²) in [5, 5.41) is 8.94. The number of alkyl halides is 3. The number of aromatic nitrogens is 1. The number of rotatable bonds is 3. The number of pyridine rings is 1. The van der Waals surface area contributed by atoms with Crippen LogP contribution in [0, 0.1) is 0 Å². The molecule has 2 rings (SSSR count). The summed E-state index contributed by atoms with van der Waals surface area (Å²) in [6, 6.07) is 6.03. The maximum atomic E-state index is 12.7. The molecule has 0 radical (unpaired) electrons. The largest absolute Gasteiger partial charge is 0.481 e. The van der Waals surface area contributed by atoms with Crippen molar-refractivity contribution >= 4 is 17.6 Å². The zero-order valence-electron chi connectivity index (χ0n) is 10.5. The van der Waals surface area contributed by atoms with E-state index in [1.807, 2.05) is 0 Å². The van der Waals surface area contributed by atoms with Crippen molar-refractivity contribution in [1.29, 1.82) is 0 Å². The molecule has 0 aliphatic rings. The standard InChI is InChI=1S/C14H9ClF3NO2/c15-11-7-19-12(5-9(11)6-13(20)21)8-2-1-3-10(4-8)14(16,17)18/h1-5,7H,6H2,(H,20,21). The number of halogens is 4. The van der Waals surface area contributed by atoms with Crippen molar-refractivity contribution in [2.45, 2.75) is 12.6 Å². The zero-order valence-corrected chi connectivity index (χ0v) is 11.2. The third-order valence-corrected chi connectivity index (χ3v) is 3.10. The molecule has 1 aromatic heterocycles. The third-order valence-electron chi connectivity index (χ3n) is 2.76. The summed E-state index contributed by atoms with van der Waals surface area (Å²) in [4.78, 5) is 14.7. The molecule has 21 heavy (non-hydrogen) atoms. The van der Waals surface area contributed by atoms with Gasteiger partial charge in [0.2, 0.25) is 0 Å². The van der Waals surface area contributed by atoms with Gasteiger partial charge in [0.05, 0.1) is 22.7 Å². The Hall–Kier alpha value is -2.08. The predicted octanol–water partition coefficient (Wildman–Crippen LogP) is 4.05. The Kier molecular flexibility index (Phi) is 4.18. The minimum Gasteiger partial charge on any atom is -0.481 e. The Morgan fingerprint density at radius 2 is 2.00 bits per heavy atom. The fourth-order valence-electron chi connectivity index (χ4n) is 1.79. The molecule has 1 N–H and O–H groups in total. The molecule has 110 valence electrons. The Bertz CT molecular complexity index is 686. The van der Waals surface area contributed by atoms with Crippen LogP contribution in [-0.4, -0.2) is 16.1 Å². The van der Waals surface area contributed by atoms with Crippen molar-refractivity contribution in [2.75, 3.05) is 0 Å². The van der Waals surface area contributed by atoms with Crippen LogP contribution in [0.3, 0.4) is 0 Å². The number of aliphatic carboxylic acids is 1. The van der Waals surface area contributed by atoms with Crippen molar-refractivity contribution < 1.29 is 23.1 Å². The van der Waals surface area contributed by atoms with Crippen LogP contribution in [-0.2, 0) is 17.4 Å². The molecule has 2 aromatic rings. The van der Waals surface area contributed by atoms with E-state index in [0.29, 0.717) is 5.56 Å². The van der Waals surface area contributed by atoms with Gasteiger partial charge >= 0.3 is 12.1 Å². The second-order valence-corrected chi connectivity index (χ2v) is 4.72. The quantitative estimate of drug-likeness (QED) is 0.929. The summed E-state index contributed by atoms with van der Waals surface area (Å²) in [6.07, 6.45) is -3.55. The van der Waals surface area contributed by atoms with E-state index < -0.39 is 17.7 Å². The number of hydrogen-bond acceptors (Lipinski definition) is 2. The molecule has 1 aromatic carbocycles. The van der Waals surface area contributed by atoms with Gasteiger partial charge in [0.1, 0.15) is 0 Å². The molecule has 0 atom stereocenters. The number of benzene rings is 1. The average molecular weight is 316 g/mol. The Balaban J connectivity index is 2.45. The monoisotopic (exact) mass is 315 g/mol. The molecule has 0 amide bonds. The molecule has 1 heterocycles. The summed E-state index contributed by atoms with van der Waals surface area (Å²) in [5.41, 5.74) is -0.0157. The van der Waals surface area contributed by atoms with Gasteiger partial charge in [-0.2, -0.15) is 13.2 Å². The Morgan fingerprint density at radius 1 is 1.29 bits per heavy atom. The SMILES string of the molecule is O=C(O)Cc1cc(-c2cccc(C(F)(F)F)c2)ncc1Cl. The molecule has 0 saturated carbocycles. The first kappa shape index (κ1) is 15.3. The zero-order chi connectivity index (χ0) is 15.6. The maximum Gasteiger partial charge on any atom is 0.416 e. The van der Waals surface area contributed by atoms with E-state index in [-0.39, 0.29) is 22.7 Å². The van der Waals surface area contributed by atoms with Crippen molar-refractivity contribution in [3.8, 4) is 11.3 Å². The molecule has 0 spiro atoms. The van der Waals surface area contributed by atoms with E-state index in [9.17, 15) is 18.0 Å². The van der Waals surface area contributed by atoms with E-state index in [2.05, 4.69) is 4.98 Å². The first-order chi connectivity index (χ1) is 9.77. The van der Waals surface area contributed by atoms with E-state index in [4.69, 9.17) is 16.7 Å². The lowest BCUT2D eigenvalue weighted by Crippen LogP contribution is -2.05. The van der Waals surface area contributed by atoms with Gasteiger partial charge in [-0.15, -0.1) is 0 Å². The van der Waals surface area contributed by atoms with Crippen LogP contribution in [0.4, 0.5) is 13.2 Å². The molecule has 0 unspecified atom stereocenters. The van der Waals surface area contributed by atoms with Crippen LogP contribution >= 0.6 is 11.6 Å². The summed E-state index contributed by atoms with van der Waals surface area (Å²) >= 11 is 5.83. The van der Waals surface area contributed by atoms with Gasteiger partial charge < -0.3 is 5.11 Å². The maximum absolute atomic E-state index is 12.7. The van der Waals surface area contributed by atoms with Crippen molar-refractivity contribution in [1.82, 2.24) is 4.98 Å². The molecule has 0 aliphatic heterocycles. The highest BCUT2D eigenvalue weighted by Crippen LogP contribution is 2.32. The van der Waals surface area contributed by atoms with Gasteiger partial charge in [0.25, 0.3) is 0 Å². The van der Waals surface area contributed by atoms with Crippen LogP contribution in [0.25, 0.3) is 11.3 Å². The topological polar surface area (TPSA) is 50.2 Å². The van der Waals surface area contributed by atoms with Crippen molar-refractivity contribution in [3.05, 3.63) is 52.7 Å². The second-order valence-electron chi connectivity index (χ2n) is 4.31. The van der Waals surface area contributed by atoms with E-state index in [1.54, 1.807) is 0 Å². The highest BCUT2D eigenvalue weighted by atomic mass is 35.5. The normalized spacial score (nSPS) is 11.4. The molecule has 7 heteroatoms. The summed E-state index contributed by atoms with van der Waals surface area (Å²) in [6.45, 7) is 0. The lowest BCUT2D eigenvalue weighted by molar-refractivity contribution is -0.138. The molecule has 0 fully saturated rings. The highest BCUT2D eigenvalue weighted by Gasteiger charge is 2.30. The summed E-state index contributed by atoms with van der Waals surface area (Å²) in [5.74, 6) is -1.09. The van der Waals surface area contributed by atoms with Gasteiger partial charge in [0.15, 0.2) is 0 Å². The Labute approximate surface area is 123 Å². The number of carboxylic acid groups (broad SMARTS) is 1. The number of hydrogen-bond donors (Lipinski definition) is 1. The Morgan fingerprint density at radius 3 is 2.62 bits per heavy atom. The van der Waals surface area contributed by atoms with Crippen LogP contribution in [0.1, 0.15) is 11.1 Å². The first-order valence-corrected chi connectivity index (χ1v) is 6.19. The predicted molar refractivity (Wildman–Crippen MR) is 71.0 cm³/mol.